The van der Waals surface area contributed by atoms with Crippen molar-refractivity contribution < 1.29 is 0 Å². The summed E-state index contributed by atoms with van der Waals surface area (Å²) >= 11 is 1.89. The van der Waals surface area contributed by atoms with E-state index in [0.717, 1.165) is 17.1 Å². The van der Waals surface area contributed by atoms with Crippen LogP contribution >= 0.6 is 11.8 Å². The molecule has 9 aromatic carbocycles. The molecule has 9 aromatic rings. The highest BCUT2D eigenvalue weighted by molar-refractivity contribution is 7.99. The van der Waals surface area contributed by atoms with Crippen LogP contribution in [0.15, 0.2) is 222 Å². The lowest BCUT2D eigenvalue weighted by Gasteiger charge is -2.40. The zero-order valence-electron chi connectivity index (χ0n) is 30.1. The summed E-state index contributed by atoms with van der Waals surface area (Å²) < 4.78 is 0. The van der Waals surface area contributed by atoms with Crippen LogP contribution in [-0.4, -0.2) is 0 Å². The summed E-state index contributed by atoms with van der Waals surface area (Å²) in [7, 11) is 0. The lowest BCUT2D eigenvalue weighted by Crippen LogP contribution is -2.32. The average Bonchev–Trinajstić information content (AvgIpc) is 3.55. The predicted octanol–water partition coefficient (Wildman–Crippen LogP) is 14.5. The third-order valence-corrected chi connectivity index (χ3v) is 12.7. The Hall–Kier alpha value is -6.61. The fraction of sp³-hybridized carbons (Fsp3) is 0.0189. The third kappa shape index (κ3) is 4.95. The molecular weight excluding hydrogens is 683 g/mol. The molecule has 1 nitrogen and oxygen atoms in total. The second kappa shape index (κ2) is 12.8. The lowest BCUT2D eigenvalue weighted by atomic mass is 9.67. The van der Waals surface area contributed by atoms with Gasteiger partial charge in [-0.3, -0.25) is 0 Å². The highest BCUT2D eigenvalue weighted by Gasteiger charge is 2.50. The van der Waals surface area contributed by atoms with Gasteiger partial charge in [-0.05, 0) is 115 Å². The Labute approximate surface area is 326 Å². The molecule has 11 rings (SSSR count). The normalized spacial score (nSPS) is 13.2. The Morgan fingerprint density at radius 2 is 0.909 bits per heavy atom. The van der Waals surface area contributed by atoms with E-state index in [4.69, 9.17) is 0 Å². The van der Waals surface area contributed by atoms with E-state index >= 15 is 0 Å². The Balaban J connectivity index is 1.19. The van der Waals surface area contributed by atoms with Crippen LogP contribution in [0.2, 0.25) is 0 Å². The number of fused-ring (bicyclic) bond motifs is 11. The molecule has 0 unspecified atom stereocenters. The van der Waals surface area contributed by atoms with Gasteiger partial charge in [-0.1, -0.05) is 176 Å². The molecule has 1 aliphatic carbocycles. The number of anilines is 3. The highest BCUT2D eigenvalue weighted by Crippen LogP contribution is 2.63. The van der Waals surface area contributed by atoms with Crippen molar-refractivity contribution in [1.29, 1.82) is 0 Å². The van der Waals surface area contributed by atoms with Gasteiger partial charge in [0.2, 0.25) is 0 Å². The summed E-state index contributed by atoms with van der Waals surface area (Å²) in [6.45, 7) is 0. The molecule has 1 aliphatic heterocycles. The first kappa shape index (κ1) is 31.9. The van der Waals surface area contributed by atoms with Crippen molar-refractivity contribution in [2.75, 3.05) is 4.90 Å². The minimum Gasteiger partial charge on any atom is -0.310 e. The van der Waals surface area contributed by atoms with Gasteiger partial charge in [0.05, 0.1) is 5.41 Å². The summed E-state index contributed by atoms with van der Waals surface area (Å²) in [5.41, 5.74) is 15.7. The fourth-order valence-electron chi connectivity index (χ4n) is 9.13. The first-order chi connectivity index (χ1) is 27.3. The number of rotatable bonds is 5. The maximum atomic E-state index is 2.49. The van der Waals surface area contributed by atoms with Crippen molar-refractivity contribution in [2.24, 2.45) is 0 Å². The van der Waals surface area contributed by atoms with E-state index in [1.54, 1.807) is 0 Å². The summed E-state index contributed by atoms with van der Waals surface area (Å²) in [6, 6.07) is 78.3. The van der Waals surface area contributed by atoms with Gasteiger partial charge in [-0.25, -0.2) is 0 Å². The fourth-order valence-corrected chi connectivity index (χ4v) is 10.3. The molecule has 0 atom stereocenters. The van der Waals surface area contributed by atoms with E-state index in [1.165, 1.54) is 76.2 Å². The van der Waals surface area contributed by atoms with E-state index in [9.17, 15) is 0 Å². The average molecular weight is 718 g/mol. The molecular formula is C53H35NS. The maximum absolute atomic E-state index is 2.49. The van der Waals surface area contributed by atoms with E-state index in [-0.39, 0.29) is 0 Å². The van der Waals surface area contributed by atoms with E-state index in [2.05, 4.69) is 217 Å². The molecule has 2 heteroatoms. The van der Waals surface area contributed by atoms with Crippen LogP contribution in [0.5, 0.6) is 0 Å². The van der Waals surface area contributed by atoms with Crippen molar-refractivity contribution >= 4 is 39.6 Å². The maximum Gasteiger partial charge on any atom is 0.0736 e. The Morgan fingerprint density at radius 1 is 0.345 bits per heavy atom. The van der Waals surface area contributed by atoms with Gasteiger partial charge >= 0.3 is 0 Å². The monoisotopic (exact) mass is 717 g/mol. The van der Waals surface area contributed by atoms with Gasteiger partial charge in [-0.2, -0.15) is 0 Å². The SMILES string of the molecule is c1ccc(-c2ccc(N(c3cccc(-c4ccccc4)c3)c3ccc4c(c3)C3(c5ccccc5Sc5ccccc53)c3ccc5ccccc5c3-4)cc2)cc1. The Morgan fingerprint density at radius 3 is 1.64 bits per heavy atom. The van der Waals surface area contributed by atoms with Crippen molar-refractivity contribution in [3.8, 4) is 33.4 Å². The molecule has 1 spiro atoms. The van der Waals surface area contributed by atoms with E-state index < -0.39 is 5.41 Å². The van der Waals surface area contributed by atoms with Crippen molar-refractivity contribution in [2.45, 2.75) is 15.2 Å². The first-order valence-corrected chi connectivity index (χ1v) is 19.7. The van der Waals surface area contributed by atoms with Crippen LogP contribution in [-0.2, 0) is 5.41 Å². The molecule has 0 radical (unpaired) electrons. The second-order valence-electron chi connectivity index (χ2n) is 14.4. The lowest BCUT2D eigenvalue weighted by molar-refractivity contribution is 0.723. The molecule has 0 bridgehead atoms. The topological polar surface area (TPSA) is 3.24 Å². The number of hydrogen-bond acceptors (Lipinski definition) is 2. The zero-order valence-corrected chi connectivity index (χ0v) is 30.9. The van der Waals surface area contributed by atoms with Gasteiger partial charge in [0, 0.05) is 26.9 Å². The van der Waals surface area contributed by atoms with Crippen molar-refractivity contribution in [1.82, 2.24) is 0 Å². The molecule has 0 saturated carbocycles. The van der Waals surface area contributed by atoms with Crippen LogP contribution in [0.4, 0.5) is 17.1 Å². The highest BCUT2D eigenvalue weighted by atomic mass is 32.2. The summed E-state index contributed by atoms with van der Waals surface area (Å²) in [5.74, 6) is 0. The van der Waals surface area contributed by atoms with Gasteiger partial charge in [0.25, 0.3) is 0 Å². The molecule has 1 heterocycles. The summed E-state index contributed by atoms with van der Waals surface area (Å²) in [4.78, 5) is 5.05. The molecule has 55 heavy (non-hydrogen) atoms. The zero-order chi connectivity index (χ0) is 36.3. The quantitative estimate of drug-likeness (QED) is 0.174. The van der Waals surface area contributed by atoms with Gasteiger partial charge in [0.15, 0.2) is 0 Å². The Kier molecular flexibility index (Phi) is 7.40. The minimum atomic E-state index is -0.488. The molecule has 0 fully saturated rings. The Bertz CT molecular complexity index is 2850. The van der Waals surface area contributed by atoms with E-state index in [0.29, 0.717) is 0 Å². The number of benzene rings is 9. The van der Waals surface area contributed by atoms with Crippen LogP contribution in [0.25, 0.3) is 44.2 Å². The largest absolute Gasteiger partial charge is 0.310 e. The van der Waals surface area contributed by atoms with Gasteiger partial charge in [-0.15, -0.1) is 0 Å². The first-order valence-electron chi connectivity index (χ1n) is 18.9. The van der Waals surface area contributed by atoms with Crippen LogP contribution in [0.1, 0.15) is 22.3 Å². The van der Waals surface area contributed by atoms with E-state index in [1.807, 2.05) is 11.8 Å². The smallest absolute Gasteiger partial charge is 0.0736 e. The minimum absolute atomic E-state index is 0.488. The second-order valence-corrected chi connectivity index (χ2v) is 15.5. The summed E-state index contributed by atoms with van der Waals surface area (Å²) in [6.07, 6.45) is 0. The van der Waals surface area contributed by atoms with Crippen LogP contribution in [0.3, 0.4) is 0 Å². The summed E-state index contributed by atoms with van der Waals surface area (Å²) in [5, 5.41) is 2.56. The molecule has 0 N–H and O–H groups in total. The van der Waals surface area contributed by atoms with Crippen LogP contribution < -0.4 is 4.90 Å². The number of hydrogen-bond donors (Lipinski definition) is 0. The third-order valence-electron chi connectivity index (χ3n) is 11.5. The molecule has 0 aromatic heterocycles. The van der Waals surface area contributed by atoms with Crippen molar-refractivity contribution in [3.63, 3.8) is 0 Å². The van der Waals surface area contributed by atoms with Gasteiger partial charge in [0.1, 0.15) is 0 Å². The number of nitrogens with zero attached hydrogens (tertiary/aromatic N) is 1. The standard InChI is InChI=1S/C53H35NS/c1-3-14-36(15-4-1)38-26-29-41(30-27-38)54(42-20-13-19-40(34-42)37-16-5-2-6-17-37)43-31-32-45-49(35-43)53(48-33-28-39-18-7-8-21-44(39)52(45)48)46-22-9-11-24-50(46)55-51-25-12-10-23-47(51)53/h1-35H. The molecule has 0 saturated heterocycles. The molecule has 258 valence electrons. The van der Waals surface area contributed by atoms with Crippen LogP contribution in [0, 0.1) is 0 Å². The molecule has 2 aliphatic rings. The van der Waals surface area contributed by atoms with Gasteiger partial charge < -0.3 is 4.90 Å². The molecule has 0 amide bonds. The predicted molar refractivity (Wildman–Crippen MR) is 231 cm³/mol. The van der Waals surface area contributed by atoms with Crippen molar-refractivity contribution in [3.05, 3.63) is 235 Å².